The summed E-state index contributed by atoms with van der Waals surface area (Å²) >= 11 is 1.55. The summed E-state index contributed by atoms with van der Waals surface area (Å²) in [5.74, 6) is 0. The molecule has 1 unspecified atom stereocenters. The number of carbonyl (C=O) groups excluding carboxylic acids is 1. The molecule has 2 aliphatic rings. The third-order valence-corrected chi connectivity index (χ3v) is 3.67. The highest BCUT2D eigenvalue weighted by atomic mass is 32.1. The molecule has 1 saturated heterocycles. The average Bonchev–Trinajstić information content (AvgIpc) is 2.99. The van der Waals surface area contributed by atoms with Gasteiger partial charge in [-0.25, -0.2) is 9.78 Å². The third-order valence-electron chi connectivity index (χ3n) is 3.09. The van der Waals surface area contributed by atoms with Gasteiger partial charge in [0.05, 0.1) is 24.4 Å². The number of hydroxylamine groups is 2. The van der Waals surface area contributed by atoms with Gasteiger partial charge in [0.15, 0.2) is 0 Å². The number of thiazole rings is 1. The molecule has 6 heteroatoms. The van der Waals surface area contributed by atoms with Crippen LogP contribution in [-0.2, 0) is 4.84 Å². The SMILES string of the molecule is C=CCON1C(=O)N2CC=C(c3cscn3)C1C2. The van der Waals surface area contributed by atoms with Crippen LogP contribution in [0.4, 0.5) is 4.79 Å². The van der Waals surface area contributed by atoms with Gasteiger partial charge in [-0.15, -0.1) is 17.9 Å². The molecule has 18 heavy (non-hydrogen) atoms. The molecule has 1 aromatic rings. The van der Waals surface area contributed by atoms with Crippen molar-refractivity contribution >= 4 is 22.9 Å². The van der Waals surface area contributed by atoms with E-state index < -0.39 is 0 Å². The molecule has 5 nitrogen and oxygen atoms in total. The molecule has 94 valence electrons. The Labute approximate surface area is 109 Å². The summed E-state index contributed by atoms with van der Waals surface area (Å²) in [5, 5.41) is 3.44. The van der Waals surface area contributed by atoms with E-state index in [1.54, 1.807) is 27.8 Å². The molecule has 0 aromatic carbocycles. The van der Waals surface area contributed by atoms with Crippen LogP contribution >= 0.6 is 11.3 Å². The Morgan fingerprint density at radius 3 is 3.28 bits per heavy atom. The van der Waals surface area contributed by atoms with Crippen LogP contribution in [0.3, 0.4) is 0 Å². The van der Waals surface area contributed by atoms with E-state index in [2.05, 4.69) is 17.6 Å². The average molecular weight is 263 g/mol. The summed E-state index contributed by atoms with van der Waals surface area (Å²) in [6, 6.07) is -0.142. The van der Waals surface area contributed by atoms with E-state index in [0.717, 1.165) is 11.3 Å². The fourth-order valence-corrected chi connectivity index (χ4v) is 2.83. The lowest BCUT2D eigenvalue weighted by atomic mass is 10.0. The van der Waals surface area contributed by atoms with Crippen molar-refractivity contribution < 1.29 is 9.63 Å². The Bertz CT molecular complexity index is 497. The molecule has 3 rings (SSSR count). The van der Waals surface area contributed by atoms with Crippen molar-refractivity contribution in [2.75, 3.05) is 19.7 Å². The van der Waals surface area contributed by atoms with E-state index in [4.69, 9.17) is 4.84 Å². The van der Waals surface area contributed by atoms with Gasteiger partial charge in [0.1, 0.15) is 6.04 Å². The predicted molar refractivity (Wildman–Crippen MR) is 68.8 cm³/mol. The van der Waals surface area contributed by atoms with Crippen LogP contribution in [0.2, 0.25) is 0 Å². The summed E-state index contributed by atoms with van der Waals surface area (Å²) in [5.41, 5.74) is 3.81. The van der Waals surface area contributed by atoms with E-state index in [1.165, 1.54) is 5.06 Å². The van der Waals surface area contributed by atoms with Gasteiger partial charge in [0.2, 0.25) is 0 Å². The van der Waals surface area contributed by atoms with Crippen LogP contribution in [0.5, 0.6) is 0 Å². The Morgan fingerprint density at radius 1 is 1.67 bits per heavy atom. The number of hydrogen-bond acceptors (Lipinski definition) is 4. The van der Waals surface area contributed by atoms with Crippen molar-refractivity contribution in [1.29, 1.82) is 0 Å². The first-order valence-electron chi connectivity index (χ1n) is 5.72. The monoisotopic (exact) mass is 263 g/mol. The Balaban J connectivity index is 1.88. The van der Waals surface area contributed by atoms with Crippen molar-refractivity contribution in [1.82, 2.24) is 14.9 Å². The Hall–Kier alpha value is -1.66. The van der Waals surface area contributed by atoms with Gasteiger partial charge in [-0.1, -0.05) is 12.2 Å². The number of hydrogen-bond donors (Lipinski definition) is 0. The minimum Gasteiger partial charge on any atom is -0.317 e. The molecule has 1 aromatic heterocycles. The number of urea groups is 1. The van der Waals surface area contributed by atoms with Crippen LogP contribution in [0.15, 0.2) is 29.6 Å². The standard InChI is InChI=1S/C12H13N3O2S/c1-2-5-17-15-11-6-14(12(15)16)4-3-9(11)10-7-18-8-13-10/h2-3,7-8,11H,1,4-6H2. The molecule has 0 spiro atoms. The molecule has 1 fully saturated rings. The van der Waals surface area contributed by atoms with Crippen LogP contribution in [-0.4, -0.2) is 46.7 Å². The largest absolute Gasteiger partial charge is 0.344 e. The van der Waals surface area contributed by atoms with Crippen LogP contribution in [0.1, 0.15) is 5.69 Å². The summed E-state index contributed by atoms with van der Waals surface area (Å²) in [6.45, 7) is 5.22. The van der Waals surface area contributed by atoms with E-state index in [-0.39, 0.29) is 12.1 Å². The predicted octanol–water partition coefficient (Wildman–Crippen LogP) is 1.76. The molecule has 0 radical (unpaired) electrons. The molecular weight excluding hydrogens is 250 g/mol. The number of carbonyl (C=O) groups is 1. The maximum Gasteiger partial charge on any atom is 0.344 e. The fraction of sp³-hybridized carbons (Fsp3) is 0.333. The second kappa shape index (κ2) is 4.55. The lowest BCUT2D eigenvalue weighted by Gasteiger charge is -2.23. The van der Waals surface area contributed by atoms with E-state index in [1.807, 2.05) is 5.38 Å². The number of amides is 2. The van der Waals surface area contributed by atoms with Crippen molar-refractivity contribution in [3.05, 3.63) is 35.3 Å². The first kappa shape index (κ1) is 11.4. The van der Waals surface area contributed by atoms with Crippen LogP contribution in [0, 0.1) is 0 Å². The van der Waals surface area contributed by atoms with Crippen molar-refractivity contribution in [3.8, 4) is 0 Å². The molecule has 1 atom stereocenters. The normalized spacial score (nSPS) is 22.3. The van der Waals surface area contributed by atoms with Crippen LogP contribution in [0.25, 0.3) is 5.57 Å². The Kier molecular flexibility index (Phi) is 2.89. The number of aromatic nitrogens is 1. The van der Waals surface area contributed by atoms with Crippen molar-refractivity contribution in [2.24, 2.45) is 0 Å². The van der Waals surface area contributed by atoms with E-state index in [9.17, 15) is 4.79 Å². The number of nitrogens with zero attached hydrogens (tertiary/aromatic N) is 3. The van der Waals surface area contributed by atoms with Crippen molar-refractivity contribution in [3.63, 3.8) is 0 Å². The van der Waals surface area contributed by atoms with Gasteiger partial charge in [-0.2, -0.15) is 5.06 Å². The zero-order chi connectivity index (χ0) is 12.5. The van der Waals surface area contributed by atoms with Gasteiger partial charge >= 0.3 is 6.03 Å². The summed E-state index contributed by atoms with van der Waals surface area (Å²) in [6.07, 6.45) is 3.69. The minimum absolute atomic E-state index is 0.0618. The maximum atomic E-state index is 12.0. The zero-order valence-corrected chi connectivity index (χ0v) is 10.6. The molecule has 0 N–H and O–H groups in total. The molecule has 2 aliphatic heterocycles. The first-order chi connectivity index (χ1) is 8.81. The second-order valence-electron chi connectivity index (χ2n) is 4.15. The van der Waals surface area contributed by atoms with Gasteiger partial charge in [-0.05, 0) is 0 Å². The Morgan fingerprint density at radius 2 is 2.56 bits per heavy atom. The second-order valence-corrected chi connectivity index (χ2v) is 4.87. The zero-order valence-electron chi connectivity index (χ0n) is 9.78. The summed E-state index contributed by atoms with van der Waals surface area (Å²) < 4.78 is 0. The maximum absolute atomic E-state index is 12.0. The smallest absolute Gasteiger partial charge is 0.317 e. The van der Waals surface area contributed by atoms with E-state index >= 15 is 0 Å². The molecule has 3 heterocycles. The lowest BCUT2D eigenvalue weighted by molar-refractivity contribution is -0.105. The van der Waals surface area contributed by atoms with E-state index in [0.29, 0.717) is 19.7 Å². The number of fused-ring (bicyclic) bond motifs is 2. The molecule has 2 amide bonds. The topological polar surface area (TPSA) is 45.7 Å². The lowest BCUT2D eigenvalue weighted by Crippen LogP contribution is -2.34. The summed E-state index contributed by atoms with van der Waals surface area (Å²) in [4.78, 5) is 23.6. The highest BCUT2D eigenvalue weighted by molar-refractivity contribution is 7.07. The minimum atomic E-state index is -0.0803. The van der Waals surface area contributed by atoms with Crippen LogP contribution < -0.4 is 0 Å². The highest BCUT2D eigenvalue weighted by Gasteiger charge is 2.43. The quantitative estimate of drug-likeness (QED) is 0.778. The number of rotatable bonds is 4. The molecule has 2 bridgehead atoms. The highest BCUT2D eigenvalue weighted by Crippen LogP contribution is 2.32. The van der Waals surface area contributed by atoms with Crippen molar-refractivity contribution in [2.45, 2.75) is 6.04 Å². The van der Waals surface area contributed by atoms with Gasteiger partial charge in [0.25, 0.3) is 0 Å². The van der Waals surface area contributed by atoms with Gasteiger partial charge in [-0.3, -0.25) is 4.84 Å². The third kappa shape index (κ3) is 1.74. The van der Waals surface area contributed by atoms with Gasteiger partial charge < -0.3 is 4.90 Å². The molecule has 0 aliphatic carbocycles. The summed E-state index contributed by atoms with van der Waals surface area (Å²) in [7, 11) is 0. The molecular formula is C12H13N3O2S. The first-order valence-corrected chi connectivity index (χ1v) is 6.66. The fourth-order valence-electron chi connectivity index (χ4n) is 2.26. The van der Waals surface area contributed by atoms with Gasteiger partial charge in [0, 0.05) is 17.5 Å². The molecule has 0 saturated carbocycles.